The average Bonchev–Trinajstić information content (AvgIpc) is 2.06. The van der Waals surface area contributed by atoms with E-state index in [2.05, 4.69) is 0 Å². The lowest BCUT2D eigenvalue weighted by molar-refractivity contribution is -0.141. The molecule has 0 aromatic rings. The van der Waals surface area contributed by atoms with Gasteiger partial charge in [-0.15, -0.1) is 24.0 Å². The lowest BCUT2D eigenvalue weighted by Gasteiger charge is -2.31. The van der Waals surface area contributed by atoms with Crippen LogP contribution in [0.2, 0.25) is 0 Å². The lowest BCUT2D eigenvalue weighted by atomic mass is 9.81. The van der Waals surface area contributed by atoms with Gasteiger partial charge >= 0.3 is 5.97 Å². The van der Waals surface area contributed by atoms with Gasteiger partial charge in [0.25, 0.3) is 0 Å². The molecule has 0 aromatic heterocycles. The molecule has 0 unspecified atom stereocenters. The first-order chi connectivity index (χ1) is 5.58. The maximum absolute atomic E-state index is 10.7. The smallest absolute Gasteiger partial charge is 0.324 e. The number of nitrogens with two attached hydrogens (primary N) is 1. The van der Waals surface area contributed by atoms with Crippen molar-refractivity contribution >= 4 is 30.0 Å². The Balaban J connectivity index is 0.00000144. The van der Waals surface area contributed by atoms with Crippen molar-refractivity contribution in [2.75, 3.05) is 6.54 Å². The molecule has 0 amide bonds. The minimum Gasteiger partial charge on any atom is -0.480 e. The summed E-state index contributed by atoms with van der Waals surface area (Å²) < 4.78 is 0. The third kappa shape index (κ3) is 3.01. The molecule has 3 nitrogen and oxygen atoms in total. The van der Waals surface area contributed by atoms with E-state index in [0.717, 1.165) is 12.8 Å². The van der Waals surface area contributed by atoms with Crippen LogP contribution in [0.3, 0.4) is 0 Å². The van der Waals surface area contributed by atoms with Crippen molar-refractivity contribution in [1.29, 1.82) is 0 Å². The Labute approximate surface area is 89.0 Å². The second-order valence-electron chi connectivity index (χ2n) is 3.45. The predicted molar refractivity (Wildman–Crippen MR) is 54.5 cm³/mol. The summed E-state index contributed by atoms with van der Waals surface area (Å²) in [6.07, 6.45) is 2.77. The van der Waals surface area contributed by atoms with Gasteiger partial charge in [-0.2, -0.15) is 0 Å². The molecule has 1 rings (SSSR count). The monoisotopic (exact) mass is 227 g/mol. The summed E-state index contributed by atoms with van der Waals surface area (Å²) in [5, 5.41) is 8.79. The molecule has 5 heteroatoms. The van der Waals surface area contributed by atoms with Crippen LogP contribution >= 0.6 is 24.0 Å². The number of rotatable bonds is 2. The van der Waals surface area contributed by atoms with Crippen LogP contribution in [0.25, 0.3) is 0 Å². The van der Waals surface area contributed by atoms with Crippen LogP contribution in [0.5, 0.6) is 0 Å². The van der Waals surface area contributed by atoms with Crippen molar-refractivity contribution < 1.29 is 9.90 Å². The van der Waals surface area contributed by atoms with Crippen LogP contribution in [0.1, 0.15) is 25.7 Å². The largest absolute Gasteiger partial charge is 0.480 e. The van der Waals surface area contributed by atoms with E-state index in [1.165, 1.54) is 0 Å². The van der Waals surface area contributed by atoms with Gasteiger partial charge in [-0.3, -0.25) is 4.79 Å². The number of carbonyl (C=O) groups is 1. The minimum absolute atomic E-state index is 0. The first-order valence-electron chi connectivity index (χ1n) is 4.21. The number of aliphatic carboxylic acids is 1. The third-order valence-electron chi connectivity index (χ3n) is 2.61. The van der Waals surface area contributed by atoms with Crippen LogP contribution in [0.4, 0.5) is 0 Å². The number of carboxylic acid groups (broad SMARTS) is 1. The summed E-state index contributed by atoms with van der Waals surface area (Å²) in [7, 11) is 0. The van der Waals surface area contributed by atoms with Gasteiger partial charge in [0.2, 0.25) is 0 Å². The van der Waals surface area contributed by atoms with Crippen molar-refractivity contribution in [1.82, 2.24) is 0 Å². The summed E-state index contributed by atoms with van der Waals surface area (Å²) in [6.45, 7) is 0.645. The molecule has 0 atom stereocenters. The van der Waals surface area contributed by atoms with Gasteiger partial charge in [0.15, 0.2) is 0 Å². The molecule has 0 radical (unpaired) electrons. The van der Waals surface area contributed by atoms with Crippen molar-refractivity contribution in [2.45, 2.75) is 30.6 Å². The van der Waals surface area contributed by atoms with Crippen LogP contribution in [0.15, 0.2) is 0 Å². The van der Waals surface area contributed by atoms with E-state index in [1.807, 2.05) is 0 Å². The zero-order valence-corrected chi connectivity index (χ0v) is 8.90. The maximum atomic E-state index is 10.7. The lowest BCUT2D eigenvalue weighted by Crippen LogP contribution is -2.38. The van der Waals surface area contributed by atoms with Crippen LogP contribution in [-0.4, -0.2) is 22.5 Å². The van der Waals surface area contributed by atoms with Gasteiger partial charge in [-0.05, 0) is 38.1 Å². The number of hydrogen-bond acceptors (Lipinski definition) is 2. The molecule has 0 aliphatic heterocycles. The van der Waals surface area contributed by atoms with Crippen LogP contribution < -0.4 is 5.73 Å². The zero-order valence-electron chi connectivity index (χ0n) is 7.33. The molecule has 0 bridgehead atoms. The van der Waals surface area contributed by atoms with Gasteiger partial charge in [-0.25, -0.2) is 0 Å². The highest BCUT2D eigenvalue weighted by molar-refractivity contribution is 6.33. The van der Waals surface area contributed by atoms with Crippen molar-refractivity contribution in [3.63, 3.8) is 0 Å². The van der Waals surface area contributed by atoms with Crippen molar-refractivity contribution in [3.8, 4) is 0 Å². The minimum atomic E-state index is -1.01. The molecule has 13 heavy (non-hydrogen) atoms. The Kier molecular flexibility index (Phi) is 5.04. The first kappa shape index (κ1) is 13.0. The Hall–Kier alpha value is 0.01000. The zero-order chi connectivity index (χ0) is 9.19. The van der Waals surface area contributed by atoms with Crippen LogP contribution in [-0.2, 0) is 4.79 Å². The van der Waals surface area contributed by atoms with Crippen molar-refractivity contribution in [3.05, 3.63) is 0 Å². The third-order valence-corrected chi connectivity index (χ3v) is 3.15. The van der Waals surface area contributed by atoms with Gasteiger partial charge < -0.3 is 10.8 Å². The molecule has 1 saturated carbocycles. The number of hydrogen-bond donors (Lipinski definition) is 2. The molecule has 0 saturated heterocycles. The highest BCUT2D eigenvalue weighted by Crippen LogP contribution is 2.36. The van der Waals surface area contributed by atoms with E-state index in [4.69, 9.17) is 22.4 Å². The molecule has 0 heterocycles. The molecule has 1 fully saturated rings. The van der Waals surface area contributed by atoms with E-state index in [9.17, 15) is 4.79 Å². The molecule has 1 aliphatic rings. The normalized spacial score (nSPS) is 33.5. The van der Waals surface area contributed by atoms with E-state index in [1.54, 1.807) is 0 Å². The summed E-state index contributed by atoms with van der Waals surface area (Å²) in [5.41, 5.74) is 5.48. The Morgan fingerprint density at radius 2 is 2.00 bits per heavy atom. The highest BCUT2D eigenvalue weighted by atomic mass is 35.5. The van der Waals surface area contributed by atoms with Gasteiger partial charge in [0.1, 0.15) is 4.87 Å². The molecule has 1 aliphatic carbocycles. The van der Waals surface area contributed by atoms with Crippen molar-refractivity contribution in [2.24, 2.45) is 11.7 Å². The summed E-state index contributed by atoms with van der Waals surface area (Å²) in [4.78, 5) is 9.70. The van der Waals surface area contributed by atoms with Gasteiger partial charge in [0.05, 0.1) is 0 Å². The van der Waals surface area contributed by atoms with Gasteiger partial charge in [-0.1, -0.05) is 0 Å². The SMILES string of the molecule is Cl.NCC1CCC(Cl)(C(=O)O)CC1. The Morgan fingerprint density at radius 1 is 1.54 bits per heavy atom. The summed E-state index contributed by atoms with van der Waals surface area (Å²) in [5.74, 6) is -0.420. The second-order valence-corrected chi connectivity index (χ2v) is 4.17. The molecular weight excluding hydrogens is 213 g/mol. The van der Waals surface area contributed by atoms with E-state index in [-0.39, 0.29) is 12.4 Å². The van der Waals surface area contributed by atoms with E-state index in [0.29, 0.717) is 25.3 Å². The topological polar surface area (TPSA) is 63.3 Å². The second kappa shape index (κ2) is 5.03. The molecule has 0 spiro atoms. The quantitative estimate of drug-likeness (QED) is 0.706. The van der Waals surface area contributed by atoms with E-state index < -0.39 is 10.8 Å². The fourth-order valence-electron chi connectivity index (χ4n) is 1.58. The number of alkyl halides is 1. The highest BCUT2D eigenvalue weighted by Gasteiger charge is 2.39. The molecular formula is C8H15Cl2NO2. The maximum Gasteiger partial charge on any atom is 0.324 e. The number of carboxylic acids is 1. The standard InChI is InChI=1S/C8H14ClNO2.ClH/c9-8(7(11)12)3-1-6(5-10)2-4-8;/h6H,1-5,10H2,(H,11,12);1H. The van der Waals surface area contributed by atoms with Gasteiger partial charge in [0, 0.05) is 0 Å². The molecule has 0 aromatic carbocycles. The number of halogens is 2. The summed E-state index contributed by atoms with van der Waals surface area (Å²) in [6, 6.07) is 0. The fourth-order valence-corrected chi connectivity index (χ4v) is 1.80. The predicted octanol–water partition coefficient (Wildman–Crippen LogP) is 1.62. The van der Waals surface area contributed by atoms with Crippen LogP contribution in [0, 0.1) is 5.92 Å². The Bertz CT molecular complexity index is 179. The summed E-state index contributed by atoms with van der Waals surface area (Å²) >= 11 is 5.89. The van der Waals surface area contributed by atoms with E-state index >= 15 is 0 Å². The molecule has 78 valence electrons. The Morgan fingerprint density at radius 3 is 2.31 bits per heavy atom. The fraction of sp³-hybridized carbons (Fsp3) is 0.875. The first-order valence-corrected chi connectivity index (χ1v) is 4.58. The molecule has 3 N–H and O–H groups in total. The average molecular weight is 228 g/mol.